The van der Waals surface area contributed by atoms with Crippen molar-refractivity contribution < 1.29 is 14.4 Å². The number of carboxylic acids is 1. The first-order valence-electron chi connectivity index (χ1n) is 6.14. The Labute approximate surface area is 110 Å². The van der Waals surface area contributed by atoms with E-state index in [1.165, 1.54) is 31.7 Å². The minimum atomic E-state index is -1.05. The summed E-state index contributed by atoms with van der Waals surface area (Å²) in [6, 6.07) is 1.97. The number of nitrogens with zero attached hydrogens (tertiary/aromatic N) is 1. The van der Waals surface area contributed by atoms with Gasteiger partial charge in [-0.2, -0.15) is 11.8 Å². The summed E-state index contributed by atoms with van der Waals surface area (Å²) in [5.74, 6) is -0.469. The number of carboxylic acid groups (broad SMARTS) is 1. The summed E-state index contributed by atoms with van der Waals surface area (Å²) >= 11 is 1.93. The molecule has 0 radical (unpaired) electrons. The fourth-order valence-corrected chi connectivity index (χ4v) is 3.11. The Bertz CT molecular complexity index is 408. The maximum Gasteiger partial charge on any atom is 0.358 e. The summed E-state index contributed by atoms with van der Waals surface area (Å²) in [5, 5.41) is 16.4. The summed E-state index contributed by atoms with van der Waals surface area (Å²) in [7, 11) is 0. The molecule has 1 aliphatic carbocycles. The number of carbonyl (C=O) groups is 1. The van der Waals surface area contributed by atoms with Crippen LogP contribution in [-0.2, 0) is 6.54 Å². The van der Waals surface area contributed by atoms with E-state index in [2.05, 4.69) is 16.7 Å². The second-order valence-corrected chi connectivity index (χ2v) is 5.72. The molecule has 0 saturated heterocycles. The van der Waals surface area contributed by atoms with Gasteiger partial charge >= 0.3 is 5.97 Å². The Morgan fingerprint density at radius 2 is 2.50 bits per heavy atom. The third-order valence-corrected chi connectivity index (χ3v) is 4.40. The van der Waals surface area contributed by atoms with Crippen molar-refractivity contribution in [3.05, 3.63) is 17.5 Å². The van der Waals surface area contributed by atoms with Crippen LogP contribution in [0.15, 0.2) is 10.6 Å². The molecule has 0 bridgehead atoms. The standard InChI is InChI=1S/C12H18N2O3S/c1-18-10-4-2-3-8(5-10)13-7-9-6-11(12(15)16)14-17-9/h6,8,10,13H,2-5,7H2,1H3,(H,15,16). The van der Waals surface area contributed by atoms with E-state index >= 15 is 0 Å². The molecule has 2 atom stereocenters. The van der Waals surface area contributed by atoms with Crippen LogP contribution >= 0.6 is 11.8 Å². The highest BCUT2D eigenvalue weighted by atomic mass is 32.2. The Morgan fingerprint density at radius 3 is 3.17 bits per heavy atom. The molecule has 2 unspecified atom stereocenters. The zero-order valence-electron chi connectivity index (χ0n) is 10.4. The van der Waals surface area contributed by atoms with Crippen LogP contribution in [0.3, 0.4) is 0 Å². The van der Waals surface area contributed by atoms with Gasteiger partial charge in [0.05, 0.1) is 6.54 Å². The van der Waals surface area contributed by atoms with Gasteiger partial charge in [-0.15, -0.1) is 0 Å². The average Bonchev–Trinajstić information content (AvgIpc) is 2.85. The van der Waals surface area contributed by atoms with Gasteiger partial charge in [0, 0.05) is 17.4 Å². The van der Waals surface area contributed by atoms with Crippen molar-refractivity contribution in [1.82, 2.24) is 10.5 Å². The van der Waals surface area contributed by atoms with Crippen LogP contribution in [0.4, 0.5) is 0 Å². The van der Waals surface area contributed by atoms with E-state index in [4.69, 9.17) is 9.63 Å². The van der Waals surface area contributed by atoms with Gasteiger partial charge in [-0.25, -0.2) is 4.79 Å². The minimum absolute atomic E-state index is 0.0302. The van der Waals surface area contributed by atoms with Gasteiger partial charge < -0.3 is 14.9 Å². The third-order valence-electron chi connectivity index (χ3n) is 3.30. The van der Waals surface area contributed by atoms with Crippen LogP contribution < -0.4 is 5.32 Å². The predicted molar refractivity (Wildman–Crippen MR) is 69.9 cm³/mol. The molecule has 100 valence electrons. The van der Waals surface area contributed by atoms with Gasteiger partial charge in [0.2, 0.25) is 0 Å². The third kappa shape index (κ3) is 3.49. The Hall–Kier alpha value is -1.01. The van der Waals surface area contributed by atoms with Crippen molar-refractivity contribution in [2.75, 3.05) is 6.26 Å². The van der Waals surface area contributed by atoms with E-state index in [-0.39, 0.29) is 5.69 Å². The highest BCUT2D eigenvalue weighted by Gasteiger charge is 2.21. The number of aromatic nitrogens is 1. The minimum Gasteiger partial charge on any atom is -0.476 e. The molecule has 5 nitrogen and oxygen atoms in total. The zero-order valence-corrected chi connectivity index (χ0v) is 11.2. The Balaban J connectivity index is 1.81. The molecule has 1 aliphatic rings. The topological polar surface area (TPSA) is 75.4 Å². The lowest BCUT2D eigenvalue weighted by molar-refractivity contribution is 0.0685. The van der Waals surface area contributed by atoms with E-state index in [1.54, 1.807) is 0 Å². The fourth-order valence-electron chi connectivity index (χ4n) is 2.29. The van der Waals surface area contributed by atoms with E-state index in [9.17, 15) is 4.79 Å². The molecule has 2 rings (SSSR count). The number of aromatic carboxylic acids is 1. The van der Waals surface area contributed by atoms with E-state index in [0.717, 1.165) is 5.25 Å². The van der Waals surface area contributed by atoms with E-state index in [0.29, 0.717) is 18.3 Å². The monoisotopic (exact) mass is 270 g/mol. The second kappa shape index (κ2) is 6.24. The zero-order chi connectivity index (χ0) is 13.0. The molecule has 0 spiro atoms. The number of hydrogen-bond acceptors (Lipinski definition) is 5. The van der Waals surface area contributed by atoms with E-state index < -0.39 is 5.97 Å². The lowest BCUT2D eigenvalue weighted by Crippen LogP contribution is -2.34. The lowest BCUT2D eigenvalue weighted by Gasteiger charge is -2.28. The van der Waals surface area contributed by atoms with Gasteiger partial charge in [0.15, 0.2) is 11.5 Å². The predicted octanol–water partition coefficient (Wildman–Crippen LogP) is 2.14. The molecule has 1 aromatic rings. The smallest absolute Gasteiger partial charge is 0.358 e. The molecule has 1 fully saturated rings. The molecule has 0 aromatic carbocycles. The summed E-state index contributed by atoms with van der Waals surface area (Å²) in [6.07, 6.45) is 7.05. The van der Waals surface area contributed by atoms with Crippen molar-refractivity contribution >= 4 is 17.7 Å². The fraction of sp³-hybridized carbons (Fsp3) is 0.667. The first-order chi connectivity index (χ1) is 8.69. The number of hydrogen-bond donors (Lipinski definition) is 2. The summed E-state index contributed by atoms with van der Waals surface area (Å²) < 4.78 is 4.97. The van der Waals surface area contributed by atoms with Crippen LogP contribution in [0.5, 0.6) is 0 Å². The van der Waals surface area contributed by atoms with Crippen LogP contribution in [-0.4, -0.2) is 33.8 Å². The first kappa shape index (κ1) is 13.4. The van der Waals surface area contributed by atoms with Crippen LogP contribution in [0, 0.1) is 0 Å². The van der Waals surface area contributed by atoms with Crippen LogP contribution in [0.25, 0.3) is 0 Å². The number of nitrogens with one attached hydrogen (secondary N) is 1. The first-order valence-corrected chi connectivity index (χ1v) is 7.43. The van der Waals surface area contributed by atoms with Gasteiger partial charge in [-0.3, -0.25) is 0 Å². The van der Waals surface area contributed by atoms with Gasteiger partial charge in [-0.1, -0.05) is 11.6 Å². The molecular weight excluding hydrogens is 252 g/mol. The van der Waals surface area contributed by atoms with Crippen molar-refractivity contribution in [3.8, 4) is 0 Å². The number of rotatable bonds is 5. The molecule has 0 aliphatic heterocycles. The van der Waals surface area contributed by atoms with E-state index in [1.807, 2.05) is 11.8 Å². The Morgan fingerprint density at radius 1 is 1.67 bits per heavy atom. The maximum absolute atomic E-state index is 10.7. The van der Waals surface area contributed by atoms with Crippen molar-refractivity contribution in [1.29, 1.82) is 0 Å². The molecule has 1 heterocycles. The van der Waals surface area contributed by atoms with Crippen LogP contribution in [0.2, 0.25) is 0 Å². The van der Waals surface area contributed by atoms with Crippen molar-refractivity contribution in [2.24, 2.45) is 0 Å². The summed E-state index contributed by atoms with van der Waals surface area (Å²) in [4.78, 5) is 10.7. The van der Waals surface area contributed by atoms with Gasteiger partial charge in [-0.05, 0) is 25.5 Å². The molecule has 1 aromatic heterocycles. The van der Waals surface area contributed by atoms with Crippen molar-refractivity contribution in [3.63, 3.8) is 0 Å². The quantitative estimate of drug-likeness (QED) is 0.853. The summed E-state index contributed by atoms with van der Waals surface area (Å²) in [5.41, 5.74) is -0.0302. The number of thioether (sulfide) groups is 1. The normalized spacial score (nSPS) is 24.1. The highest BCUT2D eigenvalue weighted by Crippen LogP contribution is 2.27. The SMILES string of the molecule is CSC1CCCC(NCc2cc(C(=O)O)no2)C1. The molecular formula is C12H18N2O3S. The van der Waals surface area contributed by atoms with Crippen LogP contribution in [0.1, 0.15) is 41.9 Å². The van der Waals surface area contributed by atoms with Crippen molar-refractivity contribution in [2.45, 2.75) is 43.5 Å². The molecule has 18 heavy (non-hydrogen) atoms. The average molecular weight is 270 g/mol. The van der Waals surface area contributed by atoms with Gasteiger partial charge in [0.1, 0.15) is 0 Å². The molecule has 0 amide bonds. The van der Waals surface area contributed by atoms with Gasteiger partial charge in [0.25, 0.3) is 0 Å². The Kier molecular flexibility index (Phi) is 4.66. The summed E-state index contributed by atoms with van der Waals surface area (Å²) in [6.45, 7) is 0.548. The molecule has 2 N–H and O–H groups in total. The highest BCUT2D eigenvalue weighted by molar-refractivity contribution is 7.99. The largest absolute Gasteiger partial charge is 0.476 e. The lowest BCUT2D eigenvalue weighted by atomic mass is 9.95. The molecule has 6 heteroatoms. The maximum atomic E-state index is 10.7. The molecule has 1 saturated carbocycles. The second-order valence-electron chi connectivity index (χ2n) is 4.59.